The molecule has 2 N–H and O–H groups in total. The van der Waals surface area contributed by atoms with E-state index >= 15 is 0 Å². The van der Waals surface area contributed by atoms with E-state index in [0.717, 1.165) is 26.9 Å². The molecule has 4 rings (SSSR count). The van der Waals surface area contributed by atoms with E-state index in [-0.39, 0.29) is 6.54 Å². The number of amides is 4. The number of anilines is 2. The highest BCUT2D eigenvalue weighted by Gasteiger charge is 2.49. The van der Waals surface area contributed by atoms with E-state index in [2.05, 4.69) is 10.6 Å². The van der Waals surface area contributed by atoms with E-state index < -0.39 is 23.4 Å². The molecule has 164 valence electrons. The molecule has 0 spiro atoms. The van der Waals surface area contributed by atoms with Gasteiger partial charge in [-0.05, 0) is 60.0 Å². The SMILES string of the molecule is Cc1cc(N(C)C)ccc1NC(=O)CN1C(=O)NC(C)(c2ccc3ccccc3c2)C1=O. The number of urea groups is 1. The molecule has 1 aliphatic rings. The number of carbonyl (C=O) groups excluding carboxylic acids is 3. The fourth-order valence-electron chi connectivity index (χ4n) is 3.94. The van der Waals surface area contributed by atoms with Crippen LogP contribution in [0.3, 0.4) is 0 Å². The van der Waals surface area contributed by atoms with Crippen LogP contribution < -0.4 is 15.5 Å². The third kappa shape index (κ3) is 3.77. The van der Waals surface area contributed by atoms with Crippen molar-refractivity contribution in [3.05, 3.63) is 71.8 Å². The molecule has 0 aromatic heterocycles. The Morgan fingerprint density at radius 1 is 1.03 bits per heavy atom. The zero-order valence-corrected chi connectivity index (χ0v) is 18.6. The lowest BCUT2D eigenvalue weighted by atomic mass is 9.90. The van der Waals surface area contributed by atoms with Crippen molar-refractivity contribution < 1.29 is 14.4 Å². The number of fused-ring (bicyclic) bond motifs is 1. The minimum Gasteiger partial charge on any atom is -0.378 e. The van der Waals surface area contributed by atoms with Gasteiger partial charge in [0.05, 0.1) is 0 Å². The van der Waals surface area contributed by atoms with Crippen molar-refractivity contribution in [2.75, 3.05) is 30.9 Å². The maximum absolute atomic E-state index is 13.2. The highest BCUT2D eigenvalue weighted by Crippen LogP contribution is 2.31. The second-order valence-electron chi connectivity index (χ2n) is 8.45. The molecule has 7 nitrogen and oxygen atoms in total. The second-order valence-corrected chi connectivity index (χ2v) is 8.45. The summed E-state index contributed by atoms with van der Waals surface area (Å²) in [5, 5.41) is 7.59. The van der Waals surface area contributed by atoms with Crippen molar-refractivity contribution in [3.63, 3.8) is 0 Å². The van der Waals surface area contributed by atoms with Gasteiger partial charge in [-0.3, -0.25) is 14.5 Å². The Morgan fingerprint density at radius 3 is 2.44 bits per heavy atom. The number of aryl methyl sites for hydroxylation is 1. The second kappa shape index (κ2) is 8.00. The number of carbonyl (C=O) groups is 3. The zero-order valence-electron chi connectivity index (χ0n) is 18.6. The van der Waals surface area contributed by atoms with Gasteiger partial charge in [-0.1, -0.05) is 36.4 Å². The molecular weight excluding hydrogens is 404 g/mol. The Morgan fingerprint density at radius 2 is 1.75 bits per heavy atom. The highest BCUT2D eigenvalue weighted by molar-refractivity contribution is 6.10. The molecule has 4 amide bonds. The standard InChI is InChI=1S/C25H26N4O3/c1-16-13-20(28(3)4)11-12-21(16)26-22(30)15-29-23(31)25(2,27-24(29)32)19-10-9-17-7-5-6-8-18(17)14-19/h5-14H,15H2,1-4H3,(H,26,30)(H,27,32). The van der Waals surface area contributed by atoms with E-state index in [1.807, 2.05) is 86.6 Å². The molecule has 3 aromatic rings. The maximum Gasteiger partial charge on any atom is 0.325 e. The molecule has 7 heteroatoms. The van der Waals surface area contributed by atoms with Crippen LogP contribution in [0.15, 0.2) is 60.7 Å². The minimum absolute atomic E-state index is 0.358. The lowest BCUT2D eigenvalue weighted by molar-refractivity contribution is -0.133. The molecule has 1 heterocycles. The minimum atomic E-state index is -1.23. The lowest BCUT2D eigenvalue weighted by Crippen LogP contribution is -2.42. The first-order valence-electron chi connectivity index (χ1n) is 10.4. The van der Waals surface area contributed by atoms with Crippen LogP contribution in [0.2, 0.25) is 0 Å². The fourth-order valence-corrected chi connectivity index (χ4v) is 3.94. The maximum atomic E-state index is 13.2. The summed E-state index contributed by atoms with van der Waals surface area (Å²) < 4.78 is 0. The zero-order chi connectivity index (χ0) is 23.0. The molecule has 32 heavy (non-hydrogen) atoms. The lowest BCUT2D eigenvalue weighted by Gasteiger charge is -2.22. The van der Waals surface area contributed by atoms with Crippen LogP contribution in [-0.4, -0.2) is 43.4 Å². The molecular formula is C25H26N4O3. The van der Waals surface area contributed by atoms with Crippen LogP contribution in [0.4, 0.5) is 16.2 Å². The molecule has 0 saturated carbocycles. The fraction of sp³-hybridized carbons (Fsp3) is 0.240. The van der Waals surface area contributed by atoms with Crippen molar-refractivity contribution in [2.24, 2.45) is 0 Å². The smallest absolute Gasteiger partial charge is 0.325 e. The molecule has 1 unspecified atom stereocenters. The van der Waals surface area contributed by atoms with Crippen LogP contribution in [0.1, 0.15) is 18.1 Å². The number of imide groups is 1. The summed E-state index contributed by atoms with van der Waals surface area (Å²) in [6.07, 6.45) is 0. The molecule has 3 aromatic carbocycles. The first-order chi connectivity index (χ1) is 15.2. The van der Waals surface area contributed by atoms with Gasteiger partial charge < -0.3 is 15.5 Å². The van der Waals surface area contributed by atoms with Gasteiger partial charge in [0.1, 0.15) is 12.1 Å². The number of hydrogen-bond acceptors (Lipinski definition) is 4. The summed E-state index contributed by atoms with van der Waals surface area (Å²) >= 11 is 0. The Kier molecular flexibility index (Phi) is 5.34. The van der Waals surface area contributed by atoms with Gasteiger partial charge in [-0.25, -0.2) is 4.79 Å². The Balaban J connectivity index is 1.51. The summed E-state index contributed by atoms with van der Waals surface area (Å²) in [5.41, 5.74) is 1.99. The number of nitrogens with one attached hydrogen (secondary N) is 2. The third-order valence-electron chi connectivity index (χ3n) is 5.90. The molecule has 0 radical (unpaired) electrons. The van der Waals surface area contributed by atoms with E-state index in [0.29, 0.717) is 11.3 Å². The number of hydrogen-bond donors (Lipinski definition) is 2. The van der Waals surface area contributed by atoms with Crippen molar-refractivity contribution in [3.8, 4) is 0 Å². The van der Waals surface area contributed by atoms with Crippen molar-refractivity contribution in [1.82, 2.24) is 10.2 Å². The molecule has 0 aliphatic carbocycles. The van der Waals surface area contributed by atoms with Crippen LogP contribution in [-0.2, 0) is 15.1 Å². The summed E-state index contributed by atoms with van der Waals surface area (Å²) in [5.74, 6) is -0.885. The first-order valence-corrected chi connectivity index (χ1v) is 10.4. The van der Waals surface area contributed by atoms with Gasteiger partial charge in [-0.15, -0.1) is 0 Å². The van der Waals surface area contributed by atoms with Crippen LogP contribution >= 0.6 is 0 Å². The van der Waals surface area contributed by atoms with E-state index in [1.54, 1.807) is 6.92 Å². The molecule has 1 saturated heterocycles. The normalized spacial score (nSPS) is 18.1. The van der Waals surface area contributed by atoms with E-state index in [1.165, 1.54) is 0 Å². The molecule has 1 fully saturated rings. The van der Waals surface area contributed by atoms with Crippen molar-refractivity contribution in [1.29, 1.82) is 0 Å². The highest BCUT2D eigenvalue weighted by atomic mass is 16.2. The van der Waals surface area contributed by atoms with E-state index in [9.17, 15) is 14.4 Å². The van der Waals surface area contributed by atoms with Gasteiger partial charge in [0.2, 0.25) is 5.91 Å². The average Bonchev–Trinajstić information content (AvgIpc) is 2.98. The van der Waals surface area contributed by atoms with Crippen LogP contribution in [0, 0.1) is 6.92 Å². The van der Waals surface area contributed by atoms with E-state index in [4.69, 9.17) is 0 Å². The monoisotopic (exact) mass is 430 g/mol. The number of rotatable bonds is 5. The molecule has 0 bridgehead atoms. The molecule has 1 atom stereocenters. The predicted molar refractivity (Wildman–Crippen MR) is 126 cm³/mol. The van der Waals surface area contributed by atoms with Crippen molar-refractivity contribution in [2.45, 2.75) is 19.4 Å². The Labute approximate surface area is 187 Å². The summed E-state index contributed by atoms with van der Waals surface area (Å²) in [6, 6.07) is 18.5. The van der Waals surface area contributed by atoms with Gasteiger partial charge >= 0.3 is 6.03 Å². The van der Waals surface area contributed by atoms with Gasteiger partial charge in [0.15, 0.2) is 0 Å². The van der Waals surface area contributed by atoms with Gasteiger partial charge in [-0.2, -0.15) is 0 Å². The van der Waals surface area contributed by atoms with Crippen LogP contribution in [0.25, 0.3) is 10.8 Å². The Bertz CT molecular complexity index is 1240. The Hall–Kier alpha value is -3.87. The number of benzene rings is 3. The van der Waals surface area contributed by atoms with Gasteiger partial charge in [0, 0.05) is 25.5 Å². The third-order valence-corrected chi connectivity index (χ3v) is 5.90. The average molecular weight is 431 g/mol. The van der Waals surface area contributed by atoms with Crippen molar-refractivity contribution >= 4 is 40.0 Å². The van der Waals surface area contributed by atoms with Crippen LogP contribution in [0.5, 0.6) is 0 Å². The van der Waals surface area contributed by atoms with Gasteiger partial charge in [0.25, 0.3) is 5.91 Å². The summed E-state index contributed by atoms with van der Waals surface area (Å²) in [6.45, 7) is 3.20. The first kappa shape index (κ1) is 21.4. The number of nitrogens with zero attached hydrogens (tertiary/aromatic N) is 2. The topological polar surface area (TPSA) is 81.8 Å². The predicted octanol–water partition coefficient (Wildman–Crippen LogP) is 3.62. The molecule has 1 aliphatic heterocycles. The quantitative estimate of drug-likeness (QED) is 0.606. The summed E-state index contributed by atoms with van der Waals surface area (Å²) in [4.78, 5) is 41.4. The summed E-state index contributed by atoms with van der Waals surface area (Å²) in [7, 11) is 3.88. The largest absolute Gasteiger partial charge is 0.378 e.